The third kappa shape index (κ3) is 4.25. The summed E-state index contributed by atoms with van der Waals surface area (Å²) in [5.74, 6) is 0.883. The van der Waals surface area contributed by atoms with Gasteiger partial charge in [0.05, 0.1) is 5.69 Å². The zero-order valence-corrected chi connectivity index (χ0v) is 17.4. The van der Waals surface area contributed by atoms with E-state index >= 15 is 0 Å². The van der Waals surface area contributed by atoms with Gasteiger partial charge in [0.15, 0.2) is 5.82 Å². The SMILES string of the molecule is Cc1ccc(-c2ccc(N3CCN(C(=O)c4ccc(Cl)cc4)CC3)nn2)cc1C. The van der Waals surface area contributed by atoms with Gasteiger partial charge in [-0.2, -0.15) is 0 Å². The summed E-state index contributed by atoms with van der Waals surface area (Å²) in [4.78, 5) is 16.7. The Morgan fingerprint density at radius 1 is 0.862 bits per heavy atom. The van der Waals surface area contributed by atoms with Gasteiger partial charge in [-0.3, -0.25) is 4.79 Å². The van der Waals surface area contributed by atoms with Crippen molar-refractivity contribution in [3.63, 3.8) is 0 Å². The summed E-state index contributed by atoms with van der Waals surface area (Å²) in [6, 6.07) is 17.4. The van der Waals surface area contributed by atoms with E-state index in [4.69, 9.17) is 11.6 Å². The molecule has 29 heavy (non-hydrogen) atoms. The predicted molar refractivity (Wildman–Crippen MR) is 117 cm³/mol. The van der Waals surface area contributed by atoms with Crippen LogP contribution in [0.15, 0.2) is 54.6 Å². The first-order chi connectivity index (χ1) is 14.0. The number of hydrogen-bond acceptors (Lipinski definition) is 4. The summed E-state index contributed by atoms with van der Waals surface area (Å²) in [6.45, 7) is 6.98. The summed E-state index contributed by atoms with van der Waals surface area (Å²) in [7, 11) is 0. The van der Waals surface area contributed by atoms with Crippen molar-refractivity contribution in [3.8, 4) is 11.3 Å². The minimum atomic E-state index is 0.0393. The minimum absolute atomic E-state index is 0.0393. The molecular weight excluding hydrogens is 384 g/mol. The van der Waals surface area contributed by atoms with Gasteiger partial charge in [-0.25, -0.2) is 0 Å². The smallest absolute Gasteiger partial charge is 0.253 e. The van der Waals surface area contributed by atoms with Gasteiger partial charge in [0.25, 0.3) is 5.91 Å². The van der Waals surface area contributed by atoms with Crippen LogP contribution >= 0.6 is 11.6 Å². The lowest BCUT2D eigenvalue weighted by atomic mass is 10.0. The van der Waals surface area contributed by atoms with Crippen LogP contribution in [-0.2, 0) is 0 Å². The number of piperazine rings is 1. The van der Waals surface area contributed by atoms with E-state index in [0.717, 1.165) is 30.2 Å². The van der Waals surface area contributed by atoms with E-state index in [0.29, 0.717) is 23.7 Å². The van der Waals surface area contributed by atoms with Crippen LogP contribution in [0.2, 0.25) is 5.02 Å². The molecular formula is C23H23ClN4O. The minimum Gasteiger partial charge on any atom is -0.352 e. The van der Waals surface area contributed by atoms with E-state index in [1.165, 1.54) is 11.1 Å². The van der Waals surface area contributed by atoms with Crippen molar-refractivity contribution in [2.45, 2.75) is 13.8 Å². The maximum absolute atomic E-state index is 12.6. The fourth-order valence-corrected chi connectivity index (χ4v) is 3.59. The van der Waals surface area contributed by atoms with Crippen molar-refractivity contribution in [2.75, 3.05) is 31.1 Å². The van der Waals surface area contributed by atoms with Gasteiger partial charge in [0.2, 0.25) is 0 Å². The molecule has 3 aromatic rings. The second-order valence-electron chi connectivity index (χ2n) is 7.36. The van der Waals surface area contributed by atoms with Gasteiger partial charge < -0.3 is 9.80 Å². The number of amides is 1. The molecule has 4 rings (SSSR count). The lowest BCUT2D eigenvalue weighted by Gasteiger charge is -2.35. The molecule has 148 valence electrons. The first kappa shape index (κ1) is 19.4. The molecule has 6 heteroatoms. The van der Waals surface area contributed by atoms with Crippen molar-refractivity contribution in [1.29, 1.82) is 0 Å². The standard InChI is InChI=1S/C23H23ClN4O/c1-16-3-4-19(15-17(16)2)21-9-10-22(26-25-21)27-11-13-28(14-12-27)23(29)18-5-7-20(24)8-6-18/h3-10,15H,11-14H2,1-2H3. The lowest BCUT2D eigenvalue weighted by molar-refractivity contribution is 0.0746. The summed E-state index contributed by atoms with van der Waals surface area (Å²) in [5.41, 5.74) is 5.12. The van der Waals surface area contributed by atoms with Crippen LogP contribution in [0.25, 0.3) is 11.3 Å². The largest absolute Gasteiger partial charge is 0.352 e. The number of benzene rings is 2. The zero-order valence-electron chi connectivity index (χ0n) is 16.6. The van der Waals surface area contributed by atoms with Gasteiger partial charge in [-0.15, -0.1) is 10.2 Å². The summed E-state index contributed by atoms with van der Waals surface area (Å²) in [5, 5.41) is 9.48. The molecule has 1 saturated heterocycles. The Balaban J connectivity index is 1.40. The molecule has 1 aliphatic rings. The van der Waals surface area contributed by atoms with Crippen LogP contribution < -0.4 is 4.90 Å². The molecule has 2 aromatic carbocycles. The van der Waals surface area contributed by atoms with Crippen molar-refractivity contribution in [3.05, 3.63) is 76.3 Å². The fraction of sp³-hybridized carbons (Fsp3) is 0.261. The quantitative estimate of drug-likeness (QED) is 0.647. The van der Waals surface area contributed by atoms with Crippen LogP contribution in [0.5, 0.6) is 0 Å². The van der Waals surface area contributed by atoms with E-state index in [1.54, 1.807) is 24.3 Å². The molecule has 1 amide bonds. The molecule has 5 nitrogen and oxygen atoms in total. The normalized spacial score (nSPS) is 14.2. The van der Waals surface area contributed by atoms with Crippen LogP contribution in [0.3, 0.4) is 0 Å². The van der Waals surface area contributed by atoms with Crippen LogP contribution in [0.4, 0.5) is 5.82 Å². The molecule has 2 heterocycles. The number of carbonyl (C=O) groups is 1. The van der Waals surface area contributed by atoms with Gasteiger partial charge in [0, 0.05) is 42.3 Å². The highest BCUT2D eigenvalue weighted by Crippen LogP contribution is 2.22. The van der Waals surface area contributed by atoms with Crippen LogP contribution in [0, 0.1) is 13.8 Å². The third-order valence-corrected chi connectivity index (χ3v) is 5.69. The molecule has 0 radical (unpaired) electrons. The molecule has 1 aliphatic heterocycles. The molecule has 0 spiro atoms. The Kier molecular flexibility index (Phi) is 5.49. The Morgan fingerprint density at radius 3 is 2.21 bits per heavy atom. The molecule has 1 fully saturated rings. The number of carbonyl (C=O) groups excluding carboxylic acids is 1. The first-order valence-corrected chi connectivity index (χ1v) is 10.1. The number of rotatable bonds is 3. The van der Waals surface area contributed by atoms with E-state index in [9.17, 15) is 4.79 Å². The van der Waals surface area contributed by atoms with E-state index in [1.807, 2.05) is 17.0 Å². The molecule has 0 unspecified atom stereocenters. The Morgan fingerprint density at radius 2 is 1.59 bits per heavy atom. The van der Waals surface area contributed by atoms with Crippen molar-refractivity contribution >= 4 is 23.3 Å². The predicted octanol–water partition coefficient (Wildman–Crippen LogP) is 4.38. The van der Waals surface area contributed by atoms with Gasteiger partial charge >= 0.3 is 0 Å². The highest BCUT2D eigenvalue weighted by molar-refractivity contribution is 6.30. The van der Waals surface area contributed by atoms with E-state index in [2.05, 4.69) is 47.1 Å². The van der Waals surface area contributed by atoms with Gasteiger partial charge in [0.1, 0.15) is 0 Å². The molecule has 0 bridgehead atoms. The Bertz CT molecular complexity index is 1010. The Hall–Kier alpha value is -2.92. The van der Waals surface area contributed by atoms with Gasteiger partial charge in [-0.05, 0) is 67.4 Å². The highest BCUT2D eigenvalue weighted by atomic mass is 35.5. The van der Waals surface area contributed by atoms with Crippen LogP contribution in [-0.4, -0.2) is 47.2 Å². The monoisotopic (exact) mass is 406 g/mol. The van der Waals surface area contributed by atoms with Gasteiger partial charge in [-0.1, -0.05) is 23.7 Å². The summed E-state index contributed by atoms with van der Waals surface area (Å²) < 4.78 is 0. The fourth-order valence-electron chi connectivity index (χ4n) is 3.46. The maximum atomic E-state index is 12.6. The second-order valence-corrected chi connectivity index (χ2v) is 7.80. The molecule has 0 N–H and O–H groups in total. The maximum Gasteiger partial charge on any atom is 0.253 e. The number of anilines is 1. The van der Waals surface area contributed by atoms with E-state index in [-0.39, 0.29) is 5.91 Å². The lowest BCUT2D eigenvalue weighted by Crippen LogP contribution is -2.49. The average molecular weight is 407 g/mol. The van der Waals surface area contributed by atoms with Crippen molar-refractivity contribution in [2.24, 2.45) is 0 Å². The molecule has 1 aromatic heterocycles. The van der Waals surface area contributed by atoms with Crippen molar-refractivity contribution in [1.82, 2.24) is 15.1 Å². The second kappa shape index (κ2) is 8.21. The summed E-state index contributed by atoms with van der Waals surface area (Å²) >= 11 is 5.91. The average Bonchev–Trinajstić information content (AvgIpc) is 2.76. The molecule has 0 saturated carbocycles. The van der Waals surface area contributed by atoms with Crippen LogP contribution in [0.1, 0.15) is 21.5 Å². The highest BCUT2D eigenvalue weighted by Gasteiger charge is 2.23. The number of hydrogen-bond donors (Lipinski definition) is 0. The first-order valence-electron chi connectivity index (χ1n) is 9.72. The number of halogens is 1. The third-order valence-electron chi connectivity index (χ3n) is 5.44. The zero-order chi connectivity index (χ0) is 20.4. The van der Waals surface area contributed by atoms with Crippen molar-refractivity contribution < 1.29 is 4.79 Å². The Labute approximate surface area is 175 Å². The topological polar surface area (TPSA) is 49.3 Å². The number of aryl methyl sites for hydroxylation is 2. The molecule has 0 atom stereocenters. The van der Waals surface area contributed by atoms with E-state index < -0.39 is 0 Å². The molecule has 0 aliphatic carbocycles. The number of nitrogens with zero attached hydrogens (tertiary/aromatic N) is 4. The number of aromatic nitrogens is 2. The summed E-state index contributed by atoms with van der Waals surface area (Å²) in [6.07, 6.45) is 0.